The zero-order valence-corrected chi connectivity index (χ0v) is 12.5. The number of halogens is 1. The third kappa shape index (κ3) is 3.43. The summed E-state index contributed by atoms with van der Waals surface area (Å²) in [5.74, 6) is -0.312. The van der Waals surface area contributed by atoms with Crippen molar-refractivity contribution < 1.29 is 9.72 Å². The van der Waals surface area contributed by atoms with Gasteiger partial charge in [-0.2, -0.15) is 0 Å². The topological polar surface area (TPSA) is 92.7 Å². The second-order valence-corrected chi connectivity index (χ2v) is 5.50. The largest absolute Gasteiger partial charge is 0.397 e. The Balaban J connectivity index is 2.31. The zero-order chi connectivity index (χ0) is 15.6. The summed E-state index contributed by atoms with van der Waals surface area (Å²) in [7, 11) is 1.99. The molecule has 0 spiro atoms. The van der Waals surface area contributed by atoms with E-state index in [0.717, 1.165) is 25.6 Å². The zero-order valence-electron chi connectivity index (χ0n) is 11.7. The van der Waals surface area contributed by atoms with Gasteiger partial charge in [-0.15, -0.1) is 0 Å². The lowest BCUT2D eigenvalue weighted by Crippen LogP contribution is -2.35. The standard InChI is InChI=1S/C13H17ClN4O3/c1-16-3-2-4-17(6-5-16)13(19)10-7-9(18(20)21)8-11(14)12(10)15/h7-8H,2-6,15H2,1H3. The number of carbonyl (C=O) groups is 1. The molecule has 2 N–H and O–H groups in total. The molecule has 21 heavy (non-hydrogen) atoms. The Kier molecular flexibility index (Phi) is 4.64. The van der Waals surface area contributed by atoms with Crippen LogP contribution in [0.4, 0.5) is 11.4 Å². The van der Waals surface area contributed by atoms with Crippen LogP contribution in [0.2, 0.25) is 5.02 Å². The molecule has 1 aliphatic heterocycles. The van der Waals surface area contributed by atoms with E-state index in [9.17, 15) is 14.9 Å². The van der Waals surface area contributed by atoms with Crippen molar-refractivity contribution in [2.45, 2.75) is 6.42 Å². The SMILES string of the molecule is CN1CCCN(C(=O)c2cc([N+](=O)[O-])cc(Cl)c2N)CC1. The van der Waals surface area contributed by atoms with Crippen LogP contribution in [-0.4, -0.2) is 53.9 Å². The Labute approximate surface area is 127 Å². The molecule has 1 aromatic carbocycles. The van der Waals surface area contributed by atoms with Gasteiger partial charge in [0.2, 0.25) is 0 Å². The van der Waals surface area contributed by atoms with E-state index in [1.54, 1.807) is 4.90 Å². The third-order valence-electron chi connectivity index (χ3n) is 3.56. The molecule has 0 aromatic heterocycles. The molecule has 0 saturated carbocycles. The molecule has 0 aliphatic carbocycles. The van der Waals surface area contributed by atoms with E-state index in [-0.39, 0.29) is 27.9 Å². The fourth-order valence-corrected chi connectivity index (χ4v) is 2.52. The minimum atomic E-state index is -0.585. The van der Waals surface area contributed by atoms with Gasteiger partial charge in [-0.25, -0.2) is 0 Å². The van der Waals surface area contributed by atoms with Gasteiger partial charge in [0.15, 0.2) is 0 Å². The van der Waals surface area contributed by atoms with E-state index < -0.39 is 4.92 Å². The molecule has 0 bridgehead atoms. The van der Waals surface area contributed by atoms with Crippen LogP contribution in [0.25, 0.3) is 0 Å². The van der Waals surface area contributed by atoms with Gasteiger partial charge < -0.3 is 15.5 Å². The van der Waals surface area contributed by atoms with Gasteiger partial charge in [0.25, 0.3) is 11.6 Å². The van der Waals surface area contributed by atoms with Crippen LogP contribution in [-0.2, 0) is 0 Å². The number of hydrogen-bond acceptors (Lipinski definition) is 5. The van der Waals surface area contributed by atoms with Crippen molar-refractivity contribution >= 4 is 28.9 Å². The van der Waals surface area contributed by atoms with E-state index in [1.807, 2.05) is 7.05 Å². The number of hydrogen-bond donors (Lipinski definition) is 1. The van der Waals surface area contributed by atoms with E-state index >= 15 is 0 Å². The number of carbonyl (C=O) groups excluding carboxylic acids is 1. The third-order valence-corrected chi connectivity index (χ3v) is 3.87. The number of nitro benzene ring substituents is 1. The highest BCUT2D eigenvalue weighted by molar-refractivity contribution is 6.34. The minimum Gasteiger partial charge on any atom is -0.397 e. The molecule has 1 amide bonds. The number of nitrogens with two attached hydrogens (primary N) is 1. The maximum atomic E-state index is 12.6. The first-order valence-corrected chi connectivity index (χ1v) is 6.99. The van der Waals surface area contributed by atoms with Crippen LogP contribution in [0.5, 0.6) is 0 Å². The smallest absolute Gasteiger partial charge is 0.271 e. The van der Waals surface area contributed by atoms with E-state index in [4.69, 9.17) is 17.3 Å². The van der Waals surface area contributed by atoms with E-state index in [0.29, 0.717) is 13.1 Å². The fourth-order valence-electron chi connectivity index (χ4n) is 2.31. The first-order chi connectivity index (χ1) is 9.90. The van der Waals surface area contributed by atoms with Crippen LogP contribution >= 0.6 is 11.6 Å². The first-order valence-electron chi connectivity index (χ1n) is 6.61. The molecule has 1 aromatic rings. The second kappa shape index (κ2) is 6.28. The van der Waals surface area contributed by atoms with Gasteiger partial charge in [-0.3, -0.25) is 14.9 Å². The van der Waals surface area contributed by atoms with Crippen LogP contribution in [0.15, 0.2) is 12.1 Å². The molecule has 0 unspecified atom stereocenters. The molecule has 1 aliphatic rings. The van der Waals surface area contributed by atoms with Gasteiger partial charge in [-0.1, -0.05) is 11.6 Å². The molecule has 114 valence electrons. The lowest BCUT2D eigenvalue weighted by atomic mass is 10.1. The number of anilines is 1. The number of nitrogen functional groups attached to an aromatic ring is 1. The summed E-state index contributed by atoms with van der Waals surface area (Å²) in [4.78, 5) is 26.7. The van der Waals surface area contributed by atoms with Crippen LogP contribution in [0, 0.1) is 10.1 Å². The quantitative estimate of drug-likeness (QED) is 0.509. The molecule has 1 heterocycles. The fraction of sp³-hybridized carbons (Fsp3) is 0.462. The second-order valence-electron chi connectivity index (χ2n) is 5.09. The summed E-state index contributed by atoms with van der Waals surface area (Å²) >= 11 is 5.89. The van der Waals surface area contributed by atoms with E-state index in [2.05, 4.69) is 4.90 Å². The van der Waals surface area contributed by atoms with Crippen molar-refractivity contribution in [1.82, 2.24) is 9.80 Å². The number of amides is 1. The maximum absolute atomic E-state index is 12.6. The summed E-state index contributed by atoms with van der Waals surface area (Å²) in [5.41, 5.74) is 5.77. The summed E-state index contributed by atoms with van der Waals surface area (Å²) in [5, 5.41) is 10.9. The molecule has 8 heteroatoms. The number of non-ortho nitro benzene ring substituents is 1. The Morgan fingerprint density at radius 2 is 2.05 bits per heavy atom. The molecule has 0 radical (unpaired) electrons. The summed E-state index contributed by atoms with van der Waals surface area (Å²) in [6.45, 7) is 2.83. The average Bonchev–Trinajstić information content (AvgIpc) is 2.65. The van der Waals surface area contributed by atoms with Crippen molar-refractivity contribution in [3.63, 3.8) is 0 Å². The lowest BCUT2D eigenvalue weighted by molar-refractivity contribution is -0.384. The molecule has 7 nitrogen and oxygen atoms in total. The highest BCUT2D eigenvalue weighted by Crippen LogP contribution is 2.29. The molecular weight excluding hydrogens is 296 g/mol. The highest BCUT2D eigenvalue weighted by atomic mass is 35.5. The van der Waals surface area contributed by atoms with Crippen molar-refractivity contribution in [2.75, 3.05) is 39.0 Å². The number of likely N-dealkylation sites (N-methyl/N-ethyl adjacent to an activating group) is 1. The molecule has 0 atom stereocenters. The van der Waals surface area contributed by atoms with E-state index in [1.165, 1.54) is 6.07 Å². The lowest BCUT2D eigenvalue weighted by Gasteiger charge is -2.21. The number of nitrogens with zero attached hydrogens (tertiary/aromatic N) is 3. The van der Waals surface area contributed by atoms with Crippen LogP contribution in [0.1, 0.15) is 16.8 Å². The maximum Gasteiger partial charge on any atom is 0.271 e. The van der Waals surface area contributed by atoms with Gasteiger partial charge in [0, 0.05) is 31.8 Å². The van der Waals surface area contributed by atoms with Gasteiger partial charge >= 0.3 is 0 Å². The van der Waals surface area contributed by atoms with Gasteiger partial charge in [0.05, 0.1) is 21.2 Å². The van der Waals surface area contributed by atoms with Crippen LogP contribution < -0.4 is 5.73 Å². The molecule has 1 saturated heterocycles. The minimum absolute atomic E-state index is 0.0273. The summed E-state index contributed by atoms with van der Waals surface area (Å²) in [6.07, 6.45) is 0.852. The monoisotopic (exact) mass is 312 g/mol. The van der Waals surface area contributed by atoms with Crippen molar-refractivity contribution in [1.29, 1.82) is 0 Å². The predicted molar refractivity (Wildman–Crippen MR) is 80.5 cm³/mol. The summed E-state index contributed by atoms with van der Waals surface area (Å²) in [6, 6.07) is 2.35. The van der Waals surface area contributed by atoms with Gasteiger partial charge in [0.1, 0.15) is 0 Å². The van der Waals surface area contributed by atoms with Gasteiger partial charge in [-0.05, 0) is 20.0 Å². The number of nitro groups is 1. The van der Waals surface area contributed by atoms with Crippen molar-refractivity contribution in [3.05, 3.63) is 32.8 Å². The molecule has 1 fully saturated rings. The highest BCUT2D eigenvalue weighted by Gasteiger charge is 2.24. The Morgan fingerprint density at radius 3 is 2.71 bits per heavy atom. The normalized spacial score (nSPS) is 16.6. The first kappa shape index (κ1) is 15.5. The average molecular weight is 313 g/mol. The van der Waals surface area contributed by atoms with Crippen molar-refractivity contribution in [2.24, 2.45) is 0 Å². The molecular formula is C13H17ClN4O3. The molecule has 2 rings (SSSR count). The Bertz CT molecular complexity index is 579. The van der Waals surface area contributed by atoms with Crippen LogP contribution in [0.3, 0.4) is 0 Å². The number of rotatable bonds is 2. The Hall–Kier alpha value is -1.86. The summed E-state index contributed by atoms with van der Waals surface area (Å²) < 4.78 is 0. The predicted octanol–water partition coefficient (Wildman–Crippen LogP) is 1.61. The van der Waals surface area contributed by atoms with Crippen molar-refractivity contribution in [3.8, 4) is 0 Å². The Morgan fingerprint density at radius 1 is 1.33 bits per heavy atom. The number of benzene rings is 1.